The maximum atomic E-state index is 9.24. The van der Waals surface area contributed by atoms with E-state index >= 15 is 0 Å². The Labute approximate surface area is 109 Å². The summed E-state index contributed by atoms with van der Waals surface area (Å²) in [6, 6.07) is 8.36. The van der Waals surface area contributed by atoms with E-state index in [-0.39, 0.29) is 12.7 Å². The van der Waals surface area contributed by atoms with Gasteiger partial charge in [-0.1, -0.05) is 12.1 Å². The van der Waals surface area contributed by atoms with Gasteiger partial charge in [-0.3, -0.25) is 0 Å². The van der Waals surface area contributed by atoms with E-state index in [0.29, 0.717) is 11.8 Å². The van der Waals surface area contributed by atoms with Crippen LogP contribution in [0.5, 0.6) is 5.75 Å². The Bertz CT molecular complexity index is 361. The van der Waals surface area contributed by atoms with Gasteiger partial charge in [0.05, 0.1) is 6.10 Å². The van der Waals surface area contributed by atoms with Crippen LogP contribution in [0.1, 0.15) is 31.7 Å². The summed E-state index contributed by atoms with van der Waals surface area (Å²) in [5.41, 5.74) is 1.33. The van der Waals surface area contributed by atoms with Gasteiger partial charge in [-0.05, 0) is 49.8 Å². The van der Waals surface area contributed by atoms with Crippen LogP contribution < -0.4 is 10.1 Å². The summed E-state index contributed by atoms with van der Waals surface area (Å²) >= 11 is 0. The lowest BCUT2D eigenvalue weighted by molar-refractivity contribution is 0.190. The number of ether oxygens (including phenoxy) is 1. The SMILES string of the molecule is CC(C)Oc1ccc(C2CNCC(CO)C2)cc1. The van der Waals surface area contributed by atoms with Crippen molar-refractivity contribution in [3.8, 4) is 5.75 Å². The fourth-order valence-electron chi connectivity index (χ4n) is 2.51. The summed E-state index contributed by atoms with van der Waals surface area (Å²) in [5, 5.41) is 12.6. The number of aliphatic hydroxyl groups is 1. The summed E-state index contributed by atoms with van der Waals surface area (Å²) in [5.74, 6) is 1.82. The minimum Gasteiger partial charge on any atom is -0.491 e. The van der Waals surface area contributed by atoms with Gasteiger partial charge in [-0.2, -0.15) is 0 Å². The molecule has 2 N–H and O–H groups in total. The van der Waals surface area contributed by atoms with Crippen molar-refractivity contribution in [2.45, 2.75) is 32.3 Å². The number of rotatable bonds is 4. The van der Waals surface area contributed by atoms with Gasteiger partial charge >= 0.3 is 0 Å². The molecule has 1 heterocycles. The topological polar surface area (TPSA) is 41.5 Å². The van der Waals surface area contributed by atoms with Crippen LogP contribution in [0.3, 0.4) is 0 Å². The van der Waals surface area contributed by atoms with Crippen molar-refractivity contribution in [2.24, 2.45) is 5.92 Å². The molecule has 0 amide bonds. The average Bonchev–Trinajstić information content (AvgIpc) is 2.39. The van der Waals surface area contributed by atoms with Crippen molar-refractivity contribution in [2.75, 3.05) is 19.7 Å². The zero-order valence-electron chi connectivity index (χ0n) is 11.2. The lowest BCUT2D eigenvalue weighted by Crippen LogP contribution is -2.36. The summed E-state index contributed by atoms with van der Waals surface area (Å²) < 4.78 is 5.64. The Morgan fingerprint density at radius 1 is 1.28 bits per heavy atom. The molecule has 0 aromatic heterocycles. The number of hydrogen-bond donors (Lipinski definition) is 2. The molecule has 0 spiro atoms. The molecule has 2 atom stereocenters. The monoisotopic (exact) mass is 249 g/mol. The summed E-state index contributed by atoms with van der Waals surface area (Å²) in [4.78, 5) is 0. The van der Waals surface area contributed by atoms with Gasteiger partial charge in [0, 0.05) is 19.7 Å². The first kappa shape index (κ1) is 13.4. The van der Waals surface area contributed by atoms with Gasteiger partial charge in [0.1, 0.15) is 5.75 Å². The largest absolute Gasteiger partial charge is 0.491 e. The van der Waals surface area contributed by atoms with Crippen LogP contribution in [0.25, 0.3) is 0 Å². The Kier molecular flexibility index (Phi) is 4.61. The summed E-state index contributed by atoms with van der Waals surface area (Å²) in [6.07, 6.45) is 1.28. The van der Waals surface area contributed by atoms with Crippen LogP contribution in [0.4, 0.5) is 0 Å². The van der Waals surface area contributed by atoms with Crippen molar-refractivity contribution >= 4 is 0 Å². The third-order valence-corrected chi connectivity index (χ3v) is 3.42. The Balaban J connectivity index is 2.00. The van der Waals surface area contributed by atoms with E-state index in [0.717, 1.165) is 25.3 Å². The predicted molar refractivity (Wildman–Crippen MR) is 73.0 cm³/mol. The van der Waals surface area contributed by atoms with E-state index in [9.17, 15) is 5.11 Å². The van der Waals surface area contributed by atoms with E-state index in [1.165, 1.54) is 5.56 Å². The Morgan fingerprint density at radius 3 is 2.61 bits per heavy atom. The van der Waals surface area contributed by atoms with Crippen LogP contribution in [-0.2, 0) is 0 Å². The normalized spacial score (nSPS) is 24.2. The van der Waals surface area contributed by atoms with E-state index in [1.54, 1.807) is 0 Å². The van der Waals surface area contributed by atoms with Crippen LogP contribution in [0.2, 0.25) is 0 Å². The highest BCUT2D eigenvalue weighted by Gasteiger charge is 2.22. The molecule has 1 fully saturated rings. The van der Waals surface area contributed by atoms with E-state index in [1.807, 2.05) is 26.0 Å². The van der Waals surface area contributed by atoms with Crippen molar-refractivity contribution < 1.29 is 9.84 Å². The smallest absolute Gasteiger partial charge is 0.119 e. The third kappa shape index (κ3) is 3.47. The zero-order chi connectivity index (χ0) is 13.0. The third-order valence-electron chi connectivity index (χ3n) is 3.42. The fraction of sp³-hybridized carbons (Fsp3) is 0.600. The first-order chi connectivity index (χ1) is 8.69. The van der Waals surface area contributed by atoms with Crippen molar-refractivity contribution in [1.82, 2.24) is 5.32 Å². The highest BCUT2D eigenvalue weighted by molar-refractivity contribution is 5.30. The van der Waals surface area contributed by atoms with Gasteiger partial charge in [0.2, 0.25) is 0 Å². The second kappa shape index (κ2) is 6.21. The summed E-state index contributed by atoms with van der Waals surface area (Å²) in [7, 11) is 0. The summed E-state index contributed by atoms with van der Waals surface area (Å²) in [6.45, 7) is 6.27. The first-order valence-electron chi connectivity index (χ1n) is 6.77. The minimum absolute atomic E-state index is 0.214. The maximum Gasteiger partial charge on any atom is 0.119 e. The van der Waals surface area contributed by atoms with Gasteiger partial charge < -0.3 is 15.2 Å². The van der Waals surface area contributed by atoms with Gasteiger partial charge in [0.25, 0.3) is 0 Å². The Morgan fingerprint density at radius 2 is 2.00 bits per heavy atom. The van der Waals surface area contributed by atoms with Crippen LogP contribution in [0.15, 0.2) is 24.3 Å². The average molecular weight is 249 g/mol. The van der Waals surface area contributed by atoms with E-state index < -0.39 is 0 Å². The molecule has 1 aliphatic rings. The molecule has 3 heteroatoms. The standard InChI is InChI=1S/C15H23NO2/c1-11(2)18-15-5-3-13(4-6-15)14-7-12(10-17)8-16-9-14/h3-6,11-12,14,16-17H,7-10H2,1-2H3. The zero-order valence-corrected chi connectivity index (χ0v) is 11.2. The predicted octanol–water partition coefficient (Wildman–Crippen LogP) is 2.16. The highest BCUT2D eigenvalue weighted by atomic mass is 16.5. The Hall–Kier alpha value is -1.06. The molecule has 3 nitrogen and oxygen atoms in total. The molecule has 1 aliphatic heterocycles. The second-order valence-electron chi connectivity index (χ2n) is 5.38. The lowest BCUT2D eigenvalue weighted by atomic mass is 9.86. The molecule has 1 aromatic rings. The molecule has 18 heavy (non-hydrogen) atoms. The molecule has 0 bridgehead atoms. The van der Waals surface area contributed by atoms with Gasteiger partial charge in [0.15, 0.2) is 0 Å². The lowest BCUT2D eigenvalue weighted by Gasteiger charge is -2.29. The van der Waals surface area contributed by atoms with Crippen molar-refractivity contribution in [3.05, 3.63) is 29.8 Å². The van der Waals surface area contributed by atoms with Crippen LogP contribution in [0, 0.1) is 5.92 Å². The molecule has 0 radical (unpaired) electrons. The maximum absolute atomic E-state index is 9.24. The molecule has 0 aliphatic carbocycles. The number of piperidine rings is 1. The molecular formula is C15H23NO2. The molecule has 2 rings (SSSR count). The fourth-order valence-corrected chi connectivity index (χ4v) is 2.51. The van der Waals surface area contributed by atoms with Crippen LogP contribution in [-0.4, -0.2) is 30.9 Å². The van der Waals surface area contributed by atoms with E-state index in [2.05, 4.69) is 17.4 Å². The van der Waals surface area contributed by atoms with Crippen LogP contribution >= 0.6 is 0 Å². The number of nitrogens with one attached hydrogen (secondary N) is 1. The molecule has 2 unspecified atom stereocenters. The highest BCUT2D eigenvalue weighted by Crippen LogP contribution is 2.27. The van der Waals surface area contributed by atoms with Gasteiger partial charge in [-0.25, -0.2) is 0 Å². The first-order valence-corrected chi connectivity index (χ1v) is 6.77. The number of hydrogen-bond acceptors (Lipinski definition) is 3. The minimum atomic E-state index is 0.214. The second-order valence-corrected chi connectivity index (χ2v) is 5.38. The van der Waals surface area contributed by atoms with E-state index in [4.69, 9.17) is 4.74 Å². The number of aliphatic hydroxyl groups excluding tert-OH is 1. The van der Waals surface area contributed by atoms with Crippen molar-refractivity contribution in [1.29, 1.82) is 0 Å². The van der Waals surface area contributed by atoms with Crippen molar-refractivity contribution in [3.63, 3.8) is 0 Å². The molecule has 1 aromatic carbocycles. The number of benzene rings is 1. The van der Waals surface area contributed by atoms with Gasteiger partial charge in [-0.15, -0.1) is 0 Å². The quantitative estimate of drug-likeness (QED) is 0.859. The molecule has 0 saturated carbocycles. The molecule has 1 saturated heterocycles. The molecule has 100 valence electrons. The molecular weight excluding hydrogens is 226 g/mol.